The number of ether oxygens (including phenoxy) is 1. The fraction of sp³-hybridized carbons (Fsp3) is 0.848. The first-order valence-corrected chi connectivity index (χ1v) is 22.1. The summed E-state index contributed by atoms with van der Waals surface area (Å²) in [5, 5.41) is 61.1. The van der Waals surface area contributed by atoms with Crippen molar-refractivity contribution in [2.45, 2.75) is 169 Å². The van der Waals surface area contributed by atoms with E-state index in [1.165, 1.54) is 19.1 Å². The number of fused-ring (bicyclic) bond motifs is 5. The fourth-order valence-electron chi connectivity index (χ4n) is 12.9. The summed E-state index contributed by atoms with van der Waals surface area (Å²) in [5.41, 5.74) is -5.38. The standard InChI is InChI=1S/C46H75FN2O9/c1-12-35-45(11,57)39(54)29(6)49(24-25(2)22-42(7,8)38(53)27(4)37(52)28(5)41(56)58-35)19-13-18-48-40(55)36-26(3)20-33-32-15-14-30-21-31(50)16-17-44(30,10)46(32,47)34(51)23-43(33,36)9/h16-17,21,25-29,32-39,51-54,57H,12-15,18-20,22-24H2,1-11H3,(H,48,55)/t25-,26-,27+,28-,29-,32?,33?,34+,35-,36-,37+,38-,39-,43+,44+,45-,46+/m1/s1. The molecule has 58 heavy (non-hydrogen) atoms. The molecule has 0 aromatic heterocycles. The number of nitrogens with zero attached hydrogens (tertiary/aromatic N) is 1. The Morgan fingerprint density at radius 3 is 2.28 bits per heavy atom. The molecule has 0 spiro atoms. The summed E-state index contributed by atoms with van der Waals surface area (Å²) in [7, 11) is 0. The molecule has 0 bridgehead atoms. The minimum atomic E-state index is -1.95. The van der Waals surface area contributed by atoms with Gasteiger partial charge in [-0.1, -0.05) is 60.1 Å². The van der Waals surface area contributed by atoms with E-state index in [9.17, 15) is 39.9 Å². The molecule has 1 aliphatic heterocycles. The number of ketones is 1. The Hall–Kier alpha value is -2.22. The average molecular weight is 819 g/mol. The van der Waals surface area contributed by atoms with E-state index < -0.39 is 93.7 Å². The van der Waals surface area contributed by atoms with Crippen molar-refractivity contribution in [1.29, 1.82) is 0 Å². The van der Waals surface area contributed by atoms with Gasteiger partial charge in [0.05, 0.1) is 24.2 Å². The van der Waals surface area contributed by atoms with Crippen molar-refractivity contribution >= 4 is 17.7 Å². The van der Waals surface area contributed by atoms with Crippen LogP contribution in [0, 0.1) is 57.7 Å². The summed E-state index contributed by atoms with van der Waals surface area (Å²) in [6.45, 7) is 21.5. The maximum absolute atomic E-state index is 17.6. The number of carbonyl (C=O) groups is 3. The lowest BCUT2D eigenvalue weighted by Gasteiger charge is -2.61. The topological polar surface area (TPSA) is 177 Å². The van der Waals surface area contributed by atoms with E-state index in [1.807, 2.05) is 27.7 Å². The van der Waals surface area contributed by atoms with E-state index in [0.29, 0.717) is 51.7 Å². The molecule has 1 heterocycles. The average Bonchev–Trinajstić information content (AvgIpc) is 3.41. The van der Waals surface area contributed by atoms with E-state index in [-0.39, 0.29) is 42.3 Å². The molecule has 0 aromatic carbocycles. The SMILES string of the molecule is CC[C@H]1OC(=O)[C@H](C)[C@@H](O)[C@H](C)[C@@H](O)C(C)(C)C[C@@H](C)CN(CCCNC(=O)[C@H]2[C@H](C)CC3C4CCC5=CC(=O)C=C[C@]5(C)[C@@]4(F)[C@@H](O)C[C@@]32C)[C@H](C)[C@@H](O)[C@]1(C)O. The van der Waals surface area contributed by atoms with Crippen LogP contribution in [0.25, 0.3) is 0 Å². The van der Waals surface area contributed by atoms with Crippen LogP contribution in [0.5, 0.6) is 0 Å². The summed E-state index contributed by atoms with van der Waals surface area (Å²) < 4.78 is 23.4. The highest BCUT2D eigenvalue weighted by molar-refractivity contribution is 6.01. The molecule has 4 fully saturated rings. The summed E-state index contributed by atoms with van der Waals surface area (Å²) in [6, 6.07) is -0.593. The molecule has 11 nitrogen and oxygen atoms in total. The first kappa shape index (κ1) is 46.8. The molecule has 4 aliphatic carbocycles. The molecule has 17 atom stereocenters. The third-order valence-electron chi connectivity index (χ3n) is 16.2. The molecule has 2 unspecified atom stereocenters. The monoisotopic (exact) mass is 819 g/mol. The number of alkyl halides is 1. The lowest BCUT2D eigenvalue weighted by Crippen LogP contribution is -2.67. The molecule has 5 aliphatic rings. The molecule has 3 saturated carbocycles. The van der Waals surface area contributed by atoms with Crippen molar-refractivity contribution in [1.82, 2.24) is 10.2 Å². The zero-order valence-corrected chi connectivity index (χ0v) is 37.0. The molecule has 12 heteroatoms. The number of halogens is 1. The Bertz CT molecular complexity index is 1600. The summed E-state index contributed by atoms with van der Waals surface area (Å²) >= 11 is 0. The van der Waals surface area contributed by atoms with Gasteiger partial charge >= 0.3 is 5.97 Å². The van der Waals surface area contributed by atoms with Crippen LogP contribution >= 0.6 is 0 Å². The predicted molar refractivity (Wildman–Crippen MR) is 220 cm³/mol. The summed E-state index contributed by atoms with van der Waals surface area (Å²) in [5.74, 6) is -3.62. The Kier molecular flexibility index (Phi) is 13.7. The Balaban J connectivity index is 1.31. The van der Waals surface area contributed by atoms with Crippen LogP contribution < -0.4 is 5.32 Å². The number of hydrogen-bond donors (Lipinski definition) is 6. The number of aliphatic hydroxyl groups excluding tert-OH is 4. The number of amides is 1. The van der Waals surface area contributed by atoms with Crippen molar-refractivity contribution in [2.24, 2.45) is 57.7 Å². The first-order chi connectivity index (χ1) is 26.8. The number of nitrogens with one attached hydrogen (secondary N) is 1. The van der Waals surface area contributed by atoms with Crippen molar-refractivity contribution < 1.29 is 49.0 Å². The predicted octanol–water partition coefficient (Wildman–Crippen LogP) is 4.91. The van der Waals surface area contributed by atoms with E-state index in [4.69, 9.17) is 4.74 Å². The van der Waals surface area contributed by atoms with Crippen molar-refractivity contribution in [3.63, 3.8) is 0 Å². The van der Waals surface area contributed by atoms with Gasteiger partial charge < -0.3 is 35.6 Å². The number of rotatable bonds is 6. The number of allylic oxidation sites excluding steroid dienone is 4. The molecule has 1 amide bonds. The van der Waals surface area contributed by atoms with Gasteiger partial charge in [-0.3, -0.25) is 19.3 Å². The van der Waals surface area contributed by atoms with Gasteiger partial charge in [-0.25, -0.2) is 4.39 Å². The van der Waals surface area contributed by atoms with Gasteiger partial charge in [0.2, 0.25) is 5.91 Å². The zero-order valence-electron chi connectivity index (χ0n) is 37.0. The molecule has 0 radical (unpaired) electrons. The lowest BCUT2D eigenvalue weighted by atomic mass is 9.45. The zero-order chi connectivity index (χ0) is 43.5. The maximum Gasteiger partial charge on any atom is 0.311 e. The summed E-state index contributed by atoms with van der Waals surface area (Å²) in [4.78, 5) is 41.8. The highest BCUT2D eigenvalue weighted by Crippen LogP contribution is 2.69. The van der Waals surface area contributed by atoms with Gasteiger partial charge in [-0.05, 0) is 113 Å². The Morgan fingerprint density at radius 2 is 1.64 bits per heavy atom. The van der Waals surface area contributed by atoms with Gasteiger partial charge in [0.15, 0.2) is 11.5 Å². The van der Waals surface area contributed by atoms with Crippen LogP contribution in [0.4, 0.5) is 4.39 Å². The largest absolute Gasteiger partial charge is 0.459 e. The van der Waals surface area contributed by atoms with Crippen LogP contribution in [-0.4, -0.2) is 116 Å². The molecule has 1 saturated heterocycles. The normalized spacial score (nSPS) is 47.7. The second-order valence-electron chi connectivity index (χ2n) is 20.8. The molecule has 0 aromatic rings. The molecular weight excluding hydrogens is 744 g/mol. The Labute approximate surface area is 346 Å². The van der Waals surface area contributed by atoms with Crippen LogP contribution in [0.1, 0.15) is 121 Å². The van der Waals surface area contributed by atoms with E-state index in [0.717, 1.165) is 5.57 Å². The lowest BCUT2D eigenvalue weighted by molar-refractivity contribution is -0.196. The smallest absolute Gasteiger partial charge is 0.311 e. The Morgan fingerprint density at radius 1 is 0.983 bits per heavy atom. The minimum Gasteiger partial charge on any atom is -0.459 e. The van der Waals surface area contributed by atoms with E-state index in [2.05, 4.69) is 24.1 Å². The number of cyclic esters (lactones) is 1. The third kappa shape index (κ3) is 8.01. The van der Waals surface area contributed by atoms with Gasteiger partial charge in [0.25, 0.3) is 0 Å². The number of esters is 1. The third-order valence-corrected chi connectivity index (χ3v) is 16.2. The second-order valence-corrected chi connectivity index (χ2v) is 20.8. The molecule has 5 rings (SSSR count). The van der Waals surface area contributed by atoms with Gasteiger partial charge in [-0.15, -0.1) is 0 Å². The minimum absolute atomic E-state index is 0.0142. The van der Waals surface area contributed by atoms with Crippen LogP contribution in [-0.2, 0) is 19.1 Å². The molecule has 330 valence electrons. The fourth-order valence-corrected chi connectivity index (χ4v) is 12.9. The van der Waals surface area contributed by atoms with Gasteiger partial charge in [-0.2, -0.15) is 0 Å². The highest BCUT2D eigenvalue weighted by Gasteiger charge is 2.71. The van der Waals surface area contributed by atoms with Crippen molar-refractivity contribution in [3.8, 4) is 0 Å². The summed E-state index contributed by atoms with van der Waals surface area (Å²) in [6.07, 6.45) is 2.03. The first-order valence-electron chi connectivity index (χ1n) is 22.1. The maximum atomic E-state index is 17.6. The molecule has 6 N–H and O–H groups in total. The van der Waals surface area contributed by atoms with Crippen molar-refractivity contribution in [3.05, 3.63) is 23.8 Å². The quantitative estimate of drug-likeness (QED) is 0.160. The van der Waals surface area contributed by atoms with Crippen LogP contribution in [0.3, 0.4) is 0 Å². The molecular formula is C46H75FN2O9. The van der Waals surface area contributed by atoms with E-state index in [1.54, 1.807) is 33.8 Å². The van der Waals surface area contributed by atoms with Gasteiger partial charge in [0.1, 0.15) is 17.8 Å². The van der Waals surface area contributed by atoms with Crippen molar-refractivity contribution in [2.75, 3.05) is 19.6 Å². The van der Waals surface area contributed by atoms with E-state index >= 15 is 4.39 Å². The van der Waals surface area contributed by atoms with Gasteiger partial charge in [0, 0.05) is 48.8 Å². The second kappa shape index (κ2) is 16.9. The number of aliphatic hydroxyl groups is 5. The van der Waals surface area contributed by atoms with Crippen LogP contribution in [0.15, 0.2) is 23.8 Å². The number of hydrogen-bond acceptors (Lipinski definition) is 10. The number of carbonyl (C=O) groups excluding carboxylic acids is 3. The highest BCUT2D eigenvalue weighted by atomic mass is 19.1. The van der Waals surface area contributed by atoms with Crippen LogP contribution in [0.2, 0.25) is 0 Å².